The predicted molar refractivity (Wildman–Crippen MR) is 90.2 cm³/mol. The molecule has 0 radical (unpaired) electrons. The SMILES string of the molecule is CCOC(=O)CC(N)C1(C)C=CC=C(c2cccc(C)c2)C1. The standard InChI is InChI=1S/C19H25NO2/c1-4-22-18(21)12-17(20)19(3)10-6-9-16(13-19)15-8-5-7-14(2)11-15/h5-11,17H,4,12-13,20H2,1-3H3. The summed E-state index contributed by atoms with van der Waals surface area (Å²) in [5.41, 5.74) is 9.79. The van der Waals surface area contributed by atoms with E-state index in [0.717, 1.165) is 6.42 Å². The van der Waals surface area contributed by atoms with Crippen LogP contribution in [0.25, 0.3) is 5.57 Å². The number of hydrogen-bond donors (Lipinski definition) is 1. The molecule has 1 aromatic carbocycles. The van der Waals surface area contributed by atoms with Crippen LogP contribution in [0.1, 0.15) is 37.8 Å². The summed E-state index contributed by atoms with van der Waals surface area (Å²) in [6.45, 7) is 6.40. The highest BCUT2D eigenvalue weighted by Crippen LogP contribution is 2.39. The van der Waals surface area contributed by atoms with Gasteiger partial charge in [-0.05, 0) is 31.4 Å². The van der Waals surface area contributed by atoms with E-state index in [1.807, 2.05) is 13.0 Å². The Kier molecular flexibility index (Phi) is 5.19. The normalized spacial score (nSPS) is 22.1. The van der Waals surface area contributed by atoms with E-state index < -0.39 is 0 Å². The third kappa shape index (κ3) is 3.86. The number of allylic oxidation sites excluding steroid dienone is 3. The molecule has 0 fully saturated rings. The van der Waals surface area contributed by atoms with Crippen molar-refractivity contribution >= 4 is 11.5 Å². The summed E-state index contributed by atoms with van der Waals surface area (Å²) in [5.74, 6) is -0.226. The van der Waals surface area contributed by atoms with Crippen molar-refractivity contribution in [2.45, 2.75) is 39.7 Å². The zero-order valence-corrected chi connectivity index (χ0v) is 13.6. The molecule has 2 N–H and O–H groups in total. The Morgan fingerprint density at radius 1 is 1.45 bits per heavy atom. The van der Waals surface area contributed by atoms with E-state index in [0.29, 0.717) is 6.61 Å². The predicted octanol–water partition coefficient (Wildman–Crippen LogP) is 3.63. The first kappa shape index (κ1) is 16.5. The number of nitrogens with two attached hydrogens (primary N) is 1. The Morgan fingerprint density at radius 3 is 2.91 bits per heavy atom. The first-order valence-corrected chi connectivity index (χ1v) is 7.81. The van der Waals surface area contributed by atoms with Gasteiger partial charge in [0.15, 0.2) is 0 Å². The molecule has 0 aliphatic heterocycles. The number of hydrogen-bond acceptors (Lipinski definition) is 3. The largest absolute Gasteiger partial charge is 0.466 e. The number of esters is 1. The van der Waals surface area contributed by atoms with Crippen LogP contribution in [-0.4, -0.2) is 18.6 Å². The number of carbonyl (C=O) groups is 1. The molecule has 1 aromatic rings. The molecule has 0 heterocycles. The molecule has 1 aliphatic rings. The molecule has 3 nitrogen and oxygen atoms in total. The number of aryl methyl sites for hydroxylation is 1. The maximum Gasteiger partial charge on any atom is 0.307 e. The van der Waals surface area contributed by atoms with Gasteiger partial charge in [-0.25, -0.2) is 0 Å². The van der Waals surface area contributed by atoms with Gasteiger partial charge in [-0.2, -0.15) is 0 Å². The molecule has 0 saturated heterocycles. The molecular formula is C19H25NO2. The molecule has 0 saturated carbocycles. The van der Waals surface area contributed by atoms with Crippen molar-refractivity contribution < 1.29 is 9.53 Å². The Hall–Kier alpha value is -1.87. The van der Waals surface area contributed by atoms with E-state index in [9.17, 15) is 4.79 Å². The first-order chi connectivity index (χ1) is 10.4. The summed E-state index contributed by atoms with van der Waals surface area (Å²) >= 11 is 0. The highest BCUT2D eigenvalue weighted by molar-refractivity contribution is 5.72. The molecule has 22 heavy (non-hydrogen) atoms. The first-order valence-electron chi connectivity index (χ1n) is 7.81. The van der Waals surface area contributed by atoms with E-state index in [1.165, 1.54) is 16.7 Å². The van der Waals surface area contributed by atoms with Crippen molar-refractivity contribution in [2.75, 3.05) is 6.61 Å². The van der Waals surface area contributed by atoms with Gasteiger partial charge >= 0.3 is 5.97 Å². The molecule has 0 spiro atoms. The van der Waals surface area contributed by atoms with Gasteiger partial charge in [0.05, 0.1) is 13.0 Å². The number of carbonyl (C=O) groups excluding carboxylic acids is 1. The van der Waals surface area contributed by atoms with Crippen molar-refractivity contribution in [2.24, 2.45) is 11.1 Å². The fraction of sp³-hybridized carbons (Fsp3) is 0.421. The van der Waals surface area contributed by atoms with Crippen LogP contribution in [0.2, 0.25) is 0 Å². The average molecular weight is 299 g/mol. The summed E-state index contributed by atoms with van der Waals surface area (Å²) in [6, 6.07) is 8.21. The van der Waals surface area contributed by atoms with Gasteiger partial charge in [0.1, 0.15) is 0 Å². The summed E-state index contributed by atoms with van der Waals surface area (Å²) in [7, 11) is 0. The Bertz CT molecular complexity index is 603. The molecule has 2 unspecified atom stereocenters. The van der Waals surface area contributed by atoms with Gasteiger partial charge < -0.3 is 10.5 Å². The van der Waals surface area contributed by atoms with Crippen LogP contribution in [0.15, 0.2) is 42.5 Å². The third-order valence-corrected chi connectivity index (χ3v) is 4.27. The van der Waals surface area contributed by atoms with Crippen molar-refractivity contribution in [1.29, 1.82) is 0 Å². The molecular weight excluding hydrogens is 274 g/mol. The highest BCUT2D eigenvalue weighted by atomic mass is 16.5. The lowest BCUT2D eigenvalue weighted by Crippen LogP contribution is -2.41. The molecule has 118 valence electrons. The van der Waals surface area contributed by atoms with Crippen molar-refractivity contribution in [3.8, 4) is 0 Å². The van der Waals surface area contributed by atoms with E-state index >= 15 is 0 Å². The van der Waals surface area contributed by atoms with Crippen LogP contribution in [0.3, 0.4) is 0 Å². The van der Waals surface area contributed by atoms with E-state index in [4.69, 9.17) is 10.5 Å². The quantitative estimate of drug-likeness (QED) is 0.845. The lowest BCUT2D eigenvalue weighted by Gasteiger charge is -2.35. The van der Waals surface area contributed by atoms with Crippen LogP contribution in [-0.2, 0) is 9.53 Å². The molecule has 3 heteroatoms. The van der Waals surface area contributed by atoms with Gasteiger partial charge in [0, 0.05) is 11.5 Å². The highest BCUT2D eigenvalue weighted by Gasteiger charge is 2.33. The second-order valence-corrected chi connectivity index (χ2v) is 6.22. The Balaban J connectivity index is 2.13. The van der Waals surface area contributed by atoms with Crippen LogP contribution in [0, 0.1) is 12.3 Å². The lowest BCUT2D eigenvalue weighted by atomic mass is 9.72. The van der Waals surface area contributed by atoms with Crippen LogP contribution >= 0.6 is 0 Å². The molecule has 2 atom stereocenters. The maximum absolute atomic E-state index is 11.7. The minimum Gasteiger partial charge on any atom is -0.466 e. The monoisotopic (exact) mass is 299 g/mol. The number of benzene rings is 1. The molecule has 2 rings (SSSR count). The second-order valence-electron chi connectivity index (χ2n) is 6.22. The van der Waals surface area contributed by atoms with Crippen LogP contribution in [0.5, 0.6) is 0 Å². The Labute approximate surface area is 132 Å². The van der Waals surface area contributed by atoms with Gasteiger partial charge in [0.2, 0.25) is 0 Å². The molecule has 0 bridgehead atoms. The minimum absolute atomic E-state index is 0.226. The number of rotatable bonds is 5. The van der Waals surface area contributed by atoms with Gasteiger partial charge in [0.25, 0.3) is 0 Å². The fourth-order valence-electron chi connectivity index (χ4n) is 2.84. The molecule has 1 aliphatic carbocycles. The minimum atomic E-state index is -0.253. The van der Waals surface area contributed by atoms with Crippen molar-refractivity contribution in [1.82, 2.24) is 0 Å². The summed E-state index contributed by atoms with van der Waals surface area (Å²) < 4.78 is 5.02. The van der Waals surface area contributed by atoms with Crippen molar-refractivity contribution in [3.63, 3.8) is 0 Å². The van der Waals surface area contributed by atoms with E-state index in [2.05, 4.69) is 50.3 Å². The topological polar surface area (TPSA) is 52.3 Å². The summed E-state index contributed by atoms with van der Waals surface area (Å²) in [5, 5.41) is 0. The second kappa shape index (κ2) is 6.93. The fourth-order valence-corrected chi connectivity index (χ4v) is 2.84. The van der Waals surface area contributed by atoms with E-state index in [1.54, 1.807) is 0 Å². The van der Waals surface area contributed by atoms with Gasteiger partial charge in [-0.1, -0.05) is 55.0 Å². The van der Waals surface area contributed by atoms with E-state index in [-0.39, 0.29) is 23.8 Å². The van der Waals surface area contributed by atoms with Crippen LogP contribution in [0.4, 0.5) is 0 Å². The van der Waals surface area contributed by atoms with Gasteiger partial charge in [-0.15, -0.1) is 0 Å². The lowest BCUT2D eigenvalue weighted by molar-refractivity contribution is -0.144. The zero-order valence-electron chi connectivity index (χ0n) is 13.6. The molecule has 0 aromatic heterocycles. The van der Waals surface area contributed by atoms with Crippen molar-refractivity contribution in [3.05, 3.63) is 53.6 Å². The smallest absolute Gasteiger partial charge is 0.307 e. The number of ether oxygens (including phenoxy) is 1. The zero-order chi connectivity index (χ0) is 16.2. The maximum atomic E-state index is 11.7. The summed E-state index contributed by atoms with van der Waals surface area (Å²) in [6.07, 6.45) is 7.36. The average Bonchev–Trinajstić information content (AvgIpc) is 2.47. The third-order valence-electron chi connectivity index (χ3n) is 4.27. The Morgan fingerprint density at radius 2 is 2.23 bits per heavy atom. The summed E-state index contributed by atoms with van der Waals surface area (Å²) in [4.78, 5) is 11.7. The molecule has 0 amide bonds. The van der Waals surface area contributed by atoms with Gasteiger partial charge in [-0.3, -0.25) is 4.79 Å². The van der Waals surface area contributed by atoms with Crippen LogP contribution < -0.4 is 5.73 Å².